The second-order valence-corrected chi connectivity index (χ2v) is 7.50. The van der Waals surface area contributed by atoms with E-state index < -0.39 is 11.3 Å². The summed E-state index contributed by atoms with van der Waals surface area (Å²) in [7, 11) is 0. The van der Waals surface area contributed by atoms with Gasteiger partial charge in [-0.2, -0.15) is 0 Å². The van der Waals surface area contributed by atoms with Crippen molar-refractivity contribution in [3.8, 4) is 0 Å². The van der Waals surface area contributed by atoms with Gasteiger partial charge in [0.15, 0.2) is 0 Å². The highest BCUT2D eigenvalue weighted by molar-refractivity contribution is 6.13. The number of hydrogen-bond donors (Lipinski definition) is 2. The highest BCUT2D eigenvalue weighted by Crippen LogP contribution is 2.38. The number of anilines is 2. The number of hydrogen-bond acceptors (Lipinski definition) is 5. The Morgan fingerprint density at radius 1 is 1.38 bits per heavy atom. The fourth-order valence-electron chi connectivity index (χ4n) is 3.52. The van der Waals surface area contributed by atoms with Crippen LogP contribution in [0.4, 0.5) is 11.4 Å². The minimum Gasteiger partial charge on any atom is -0.442 e. The highest BCUT2D eigenvalue weighted by Gasteiger charge is 2.38. The number of allylic oxidation sites excluding steroid dienone is 1. The molecule has 0 bridgehead atoms. The quantitative estimate of drug-likeness (QED) is 0.664. The van der Waals surface area contributed by atoms with Gasteiger partial charge in [-0.25, -0.2) is 4.98 Å². The number of nitrogens with zero attached hydrogens (tertiary/aromatic N) is 2. The van der Waals surface area contributed by atoms with Gasteiger partial charge in [0.05, 0.1) is 11.0 Å². The first-order valence-corrected chi connectivity index (χ1v) is 9.10. The number of furan rings is 1. The van der Waals surface area contributed by atoms with Crippen molar-refractivity contribution in [1.82, 2.24) is 9.55 Å². The number of amides is 2. The number of carbonyl (C=O) groups is 2. The fraction of sp³-hybridized carbons (Fsp3) is 0.238. The van der Waals surface area contributed by atoms with Gasteiger partial charge in [0.25, 0.3) is 11.5 Å². The first-order chi connectivity index (χ1) is 13.7. The topological polar surface area (TPSA) is 106 Å². The molecule has 2 N–H and O–H groups in total. The molecule has 0 saturated carbocycles. The number of benzene rings is 1. The van der Waals surface area contributed by atoms with Crippen LogP contribution in [-0.4, -0.2) is 21.4 Å². The molecule has 0 saturated heterocycles. The second kappa shape index (κ2) is 6.44. The first-order valence-electron chi connectivity index (χ1n) is 9.10. The minimum atomic E-state index is -0.698. The number of rotatable bonds is 4. The van der Waals surface area contributed by atoms with E-state index >= 15 is 0 Å². The van der Waals surface area contributed by atoms with Crippen molar-refractivity contribution in [1.29, 1.82) is 0 Å². The number of nitrogens with one attached hydrogen (secondary N) is 2. The van der Waals surface area contributed by atoms with Crippen molar-refractivity contribution in [2.24, 2.45) is 0 Å². The third-order valence-electron chi connectivity index (χ3n) is 5.17. The van der Waals surface area contributed by atoms with Crippen LogP contribution in [0.25, 0.3) is 11.1 Å². The Kier molecular flexibility index (Phi) is 4.15. The van der Waals surface area contributed by atoms with Crippen LogP contribution < -0.4 is 16.2 Å². The number of aromatic nitrogens is 2. The van der Waals surface area contributed by atoms with Crippen molar-refractivity contribution in [3.05, 3.63) is 64.4 Å². The molecule has 0 fully saturated rings. The fourth-order valence-corrected chi connectivity index (χ4v) is 3.52. The second-order valence-electron chi connectivity index (χ2n) is 7.50. The Morgan fingerprint density at radius 2 is 2.14 bits per heavy atom. The van der Waals surface area contributed by atoms with Gasteiger partial charge in [-0.3, -0.25) is 19.0 Å². The zero-order valence-electron chi connectivity index (χ0n) is 16.3. The van der Waals surface area contributed by atoms with E-state index in [1.54, 1.807) is 31.2 Å². The van der Waals surface area contributed by atoms with E-state index in [9.17, 15) is 14.4 Å². The normalized spacial score (nSPS) is 14.5. The summed E-state index contributed by atoms with van der Waals surface area (Å²) in [6.45, 7) is 9.15. The lowest BCUT2D eigenvalue weighted by atomic mass is 9.86. The lowest BCUT2D eigenvalue weighted by Gasteiger charge is -2.16. The third-order valence-corrected chi connectivity index (χ3v) is 5.17. The van der Waals surface area contributed by atoms with Gasteiger partial charge >= 0.3 is 0 Å². The number of carbonyl (C=O) groups excluding carboxylic acids is 2. The maximum atomic E-state index is 13.0. The van der Waals surface area contributed by atoms with Crippen molar-refractivity contribution >= 4 is 34.3 Å². The summed E-state index contributed by atoms with van der Waals surface area (Å²) in [4.78, 5) is 42.0. The average Bonchev–Trinajstić information content (AvgIpc) is 3.12. The highest BCUT2D eigenvalue weighted by atomic mass is 16.3. The van der Waals surface area contributed by atoms with E-state index in [0.29, 0.717) is 11.4 Å². The standard InChI is InChI=1S/C21H20N4O4/c1-5-8-25-10-22-18-16(19(25)27)15(11(2)29-18)17(26)23-12-6-7-14-13(9-12)21(3,4)20(28)24-14/h5-7,9-10H,1,8H2,2-4H3,(H,23,26)(H,24,28). The molecule has 29 heavy (non-hydrogen) atoms. The van der Waals surface area contributed by atoms with Crippen LogP contribution in [0, 0.1) is 6.92 Å². The van der Waals surface area contributed by atoms with E-state index in [1.807, 2.05) is 13.8 Å². The van der Waals surface area contributed by atoms with Crippen molar-refractivity contribution < 1.29 is 14.0 Å². The molecule has 1 aromatic carbocycles. The maximum Gasteiger partial charge on any atom is 0.265 e. The first kappa shape index (κ1) is 18.7. The molecule has 8 nitrogen and oxygen atoms in total. The predicted octanol–water partition coefficient (Wildman–Crippen LogP) is 2.97. The monoisotopic (exact) mass is 392 g/mol. The Hall–Kier alpha value is -3.68. The van der Waals surface area contributed by atoms with Gasteiger partial charge in [0.1, 0.15) is 17.5 Å². The van der Waals surface area contributed by atoms with Gasteiger partial charge < -0.3 is 15.1 Å². The Bertz CT molecular complexity index is 1250. The van der Waals surface area contributed by atoms with Crippen LogP contribution in [0.1, 0.15) is 35.5 Å². The largest absolute Gasteiger partial charge is 0.442 e. The molecule has 2 aromatic heterocycles. The maximum absolute atomic E-state index is 13.0. The lowest BCUT2D eigenvalue weighted by Crippen LogP contribution is -2.27. The van der Waals surface area contributed by atoms with Crippen LogP contribution in [-0.2, 0) is 16.8 Å². The smallest absolute Gasteiger partial charge is 0.265 e. The Morgan fingerprint density at radius 3 is 2.86 bits per heavy atom. The van der Waals surface area contributed by atoms with Gasteiger partial charge in [-0.15, -0.1) is 6.58 Å². The number of fused-ring (bicyclic) bond motifs is 2. The summed E-state index contributed by atoms with van der Waals surface area (Å²) < 4.78 is 6.88. The molecule has 0 atom stereocenters. The van der Waals surface area contributed by atoms with Crippen LogP contribution in [0.5, 0.6) is 0 Å². The summed E-state index contributed by atoms with van der Waals surface area (Å²) >= 11 is 0. The zero-order valence-corrected chi connectivity index (χ0v) is 16.3. The summed E-state index contributed by atoms with van der Waals surface area (Å²) in [6.07, 6.45) is 2.94. The van der Waals surface area contributed by atoms with Gasteiger partial charge in [0.2, 0.25) is 11.6 Å². The van der Waals surface area contributed by atoms with E-state index in [1.165, 1.54) is 10.9 Å². The summed E-state index contributed by atoms with van der Waals surface area (Å²) in [5, 5.41) is 5.76. The van der Waals surface area contributed by atoms with Crippen molar-refractivity contribution in [3.63, 3.8) is 0 Å². The zero-order chi connectivity index (χ0) is 20.9. The van der Waals surface area contributed by atoms with E-state index in [2.05, 4.69) is 22.2 Å². The van der Waals surface area contributed by atoms with Crippen molar-refractivity contribution in [2.75, 3.05) is 10.6 Å². The predicted molar refractivity (Wildman–Crippen MR) is 109 cm³/mol. The van der Waals surface area contributed by atoms with Crippen molar-refractivity contribution in [2.45, 2.75) is 32.7 Å². The molecule has 0 radical (unpaired) electrons. The van der Waals surface area contributed by atoms with E-state index in [4.69, 9.17) is 4.42 Å². The van der Waals surface area contributed by atoms with E-state index in [-0.39, 0.29) is 34.7 Å². The molecule has 3 aromatic rings. The Balaban J connectivity index is 1.74. The molecule has 4 rings (SSSR count). The molecule has 8 heteroatoms. The Labute approximate surface area is 166 Å². The van der Waals surface area contributed by atoms with Gasteiger partial charge in [-0.1, -0.05) is 6.08 Å². The molecule has 148 valence electrons. The number of aryl methyl sites for hydroxylation is 1. The third kappa shape index (κ3) is 2.84. The molecule has 0 unspecified atom stereocenters. The average molecular weight is 392 g/mol. The van der Waals surface area contributed by atoms with E-state index in [0.717, 1.165) is 11.3 Å². The molecule has 0 aliphatic carbocycles. The molecule has 0 spiro atoms. The molecule has 2 amide bonds. The molecule has 1 aliphatic rings. The summed E-state index contributed by atoms with van der Waals surface area (Å²) in [6, 6.07) is 5.21. The summed E-state index contributed by atoms with van der Waals surface area (Å²) in [5.74, 6) is -0.273. The van der Waals surface area contributed by atoms with Crippen LogP contribution in [0.2, 0.25) is 0 Å². The minimum absolute atomic E-state index is 0.0958. The summed E-state index contributed by atoms with van der Waals surface area (Å²) in [5.41, 5.74) is 1.22. The van der Waals surface area contributed by atoms with Gasteiger partial charge in [-0.05, 0) is 44.5 Å². The van der Waals surface area contributed by atoms with Crippen LogP contribution in [0.3, 0.4) is 0 Å². The molecular formula is C21H20N4O4. The van der Waals surface area contributed by atoms with Gasteiger partial charge in [0, 0.05) is 17.9 Å². The molecule has 1 aliphatic heterocycles. The molecular weight excluding hydrogens is 372 g/mol. The van der Waals surface area contributed by atoms with Crippen LogP contribution in [0.15, 0.2) is 46.4 Å². The lowest BCUT2D eigenvalue weighted by molar-refractivity contribution is -0.119. The molecule has 3 heterocycles. The SMILES string of the molecule is C=CCn1cnc2oc(C)c(C(=O)Nc3ccc4c(c3)C(C)(C)C(=O)N4)c2c1=O. The van der Waals surface area contributed by atoms with Crippen LogP contribution >= 0.6 is 0 Å².